The number of nitrogens with zero attached hydrogens (tertiary/aromatic N) is 1. The predicted octanol–water partition coefficient (Wildman–Crippen LogP) is 4.28. The molecule has 2 aromatic rings. The summed E-state index contributed by atoms with van der Waals surface area (Å²) in [7, 11) is 0. The Kier molecular flexibility index (Phi) is 3.61. The predicted molar refractivity (Wildman–Crippen MR) is 69.4 cm³/mol. The minimum absolute atomic E-state index is 0.0794. The maximum absolute atomic E-state index is 12.4. The molecule has 0 spiro atoms. The van der Waals surface area contributed by atoms with Gasteiger partial charge in [0.25, 0.3) is 0 Å². The number of rotatable bonds is 2. The summed E-state index contributed by atoms with van der Waals surface area (Å²) in [5.74, 6) is -0.0794. The van der Waals surface area contributed by atoms with Gasteiger partial charge in [-0.15, -0.1) is 0 Å². The zero-order valence-electron chi connectivity index (χ0n) is 11.0. The second-order valence-corrected chi connectivity index (χ2v) is 4.52. The molecule has 104 valence electrons. The molecule has 0 aliphatic carbocycles. The lowest BCUT2D eigenvalue weighted by Crippen LogP contribution is -2.07. The number of aromatic nitrogens is 1. The lowest BCUT2D eigenvalue weighted by atomic mass is 9.99. The van der Waals surface area contributed by atoms with Crippen molar-refractivity contribution in [1.29, 1.82) is 0 Å². The Hall–Kier alpha value is -2.17. The van der Waals surface area contributed by atoms with E-state index in [0.717, 1.165) is 17.8 Å². The first-order valence-electron chi connectivity index (χ1n) is 5.94. The van der Waals surface area contributed by atoms with E-state index in [0.29, 0.717) is 16.7 Å². The molecule has 1 aromatic heterocycles. The molecule has 0 aliphatic heterocycles. The summed E-state index contributed by atoms with van der Waals surface area (Å²) in [5.41, 5.74) is 1.67. The van der Waals surface area contributed by atoms with E-state index in [4.69, 9.17) is 0 Å². The molecular weight excluding hydrogens is 267 g/mol. The van der Waals surface area contributed by atoms with Crippen molar-refractivity contribution in [3.05, 3.63) is 53.3 Å². The molecule has 2 nitrogen and oxygen atoms in total. The van der Waals surface area contributed by atoms with Gasteiger partial charge in [0, 0.05) is 17.3 Å². The fourth-order valence-electron chi connectivity index (χ4n) is 1.91. The number of pyridine rings is 1. The van der Waals surface area contributed by atoms with Crippen molar-refractivity contribution in [1.82, 2.24) is 4.98 Å². The first kappa shape index (κ1) is 14.2. The van der Waals surface area contributed by atoms with Crippen molar-refractivity contribution in [3.63, 3.8) is 0 Å². The Morgan fingerprint density at radius 2 is 1.75 bits per heavy atom. The van der Waals surface area contributed by atoms with E-state index in [2.05, 4.69) is 4.98 Å². The van der Waals surface area contributed by atoms with Crippen molar-refractivity contribution in [2.75, 3.05) is 0 Å². The van der Waals surface area contributed by atoms with Crippen LogP contribution in [0.15, 0.2) is 36.5 Å². The van der Waals surface area contributed by atoms with Gasteiger partial charge in [-0.05, 0) is 37.1 Å². The number of halogens is 3. The fraction of sp³-hybridized carbons (Fsp3) is 0.200. The summed E-state index contributed by atoms with van der Waals surface area (Å²) in [6.07, 6.45) is -3.28. The van der Waals surface area contributed by atoms with Crippen molar-refractivity contribution in [2.24, 2.45) is 0 Å². The first-order valence-corrected chi connectivity index (χ1v) is 5.94. The van der Waals surface area contributed by atoms with Gasteiger partial charge in [-0.2, -0.15) is 13.2 Å². The molecule has 5 heteroatoms. The molecule has 0 unspecified atom stereocenters. The summed E-state index contributed by atoms with van der Waals surface area (Å²) in [6.45, 7) is 3.27. The SMILES string of the molecule is CC(=O)c1cc(-c2ccc(C(F)(F)F)nc2)ccc1C. The quantitative estimate of drug-likeness (QED) is 0.768. The molecule has 2 rings (SSSR count). The van der Waals surface area contributed by atoms with Crippen LogP contribution >= 0.6 is 0 Å². The number of carbonyl (C=O) groups is 1. The third kappa shape index (κ3) is 2.87. The van der Waals surface area contributed by atoms with Crippen LogP contribution in [-0.4, -0.2) is 10.8 Å². The molecule has 0 amide bonds. The van der Waals surface area contributed by atoms with Crippen LogP contribution in [0.4, 0.5) is 13.2 Å². The van der Waals surface area contributed by atoms with Crippen LogP contribution in [0, 0.1) is 6.92 Å². The maximum Gasteiger partial charge on any atom is 0.433 e. The zero-order chi connectivity index (χ0) is 14.9. The normalized spacial score (nSPS) is 11.4. The maximum atomic E-state index is 12.4. The highest BCUT2D eigenvalue weighted by Gasteiger charge is 2.32. The standard InChI is InChI=1S/C15H12F3NO/c1-9-3-4-11(7-13(9)10(2)20)12-5-6-14(19-8-12)15(16,17)18/h3-8H,1-2H3. The van der Waals surface area contributed by atoms with E-state index in [1.54, 1.807) is 18.2 Å². The highest BCUT2D eigenvalue weighted by Crippen LogP contribution is 2.29. The van der Waals surface area contributed by atoms with E-state index in [9.17, 15) is 18.0 Å². The molecule has 1 aromatic carbocycles. The average Bonchev–Trinajstić information content (AvgIpc) is 2.38. The van der Waals surface area contributed by atoms with Crippen molar-refractivity contribution >= 4 is 5.78 Å². The van der Waals surface area contributed by atoms with Gasteiger partial charge in [0.15, 0.2) is 5.78 Å². The van der Waals surface area contributed by atoms with Crippen molar-refractivity contribution < 1.29 is 18.0 Å². The summed E-state index contributed by atoms with van der Waals surface area (Å²) in [6, 6.07) is 7.48. The lowest BCUT2D eigenvalue weighted by molar-refractivity contribution is -0.141. The van der Waals surface area contributed by atoms with Gasteiger partial charge < -0.3 is 0 Å². The Labute approximate surface area is 114 Å². The van der Waals surface area contributed by atoms with E-state index in [1.807, 2.05) is 6.92 Å². The van der Waals surface area contributed by atoms with Crippen LogP contribution in [0.25, 0.3) is 11.1 Å². The van der Waals surface area contributed by atoms with Gasteiger partial charge in [-0.3, -0.25) is 9.78 Å². The minimum atomic E-state index is -4.45. The minimum Gasteiger partial charge on any atom is -0.295 e. The molecular formula is C15H12F3NO. The molecule has 0 saturated carbocycles. The fourth-order valence-corrected chi connectivity index (χ4v) is 1.91. The van der Waals surface area contributed by atoms with Crippen LogP contribution in [0.3, 0.4) is 0 Å². The molecule has 1 heterocycles. The van der Waals surface area contributed by atoms with Gasteiger partial charge in [0.2, 0.25) is 0 Å². The number of Topliss-reactive ketones (excluding diaryl/α,β-unsaturated/α-hetero) is 1. The van der Waals surface area contributed by atoms with E-state index in [-0.39, 0.29) is 5.78 Å². The van der Waals surface area contributed by atoms with Crippen LogP contribution in [0.5, 0.6) is 0 Å². The van der Waals surface area contributed by atoms with Crippen molar-refractivity contribution in [2.45, 2.75) is 20.0 Å². The third-order valence-electron chi connectivity index (χ3n) is 3.00. The summed E-state index contributed by atoms with van der Waals surface area (Å²) < 4.78 is 37.3. The molecule has 0 fully saturated rings. The topological polar surface area (TPSA) is 30.0 Å². The van der Waals surface area contributed by atoms with Crippen LogP contribution in [0.1, 0.15) is 28.5 Å². The number of aryl methyl sites for hydroxylation is 1. The monoisotopic (exact) mass is 279 g/mol. The number of ketones is 1. The molecule has 0 N–H and O–H groups in total. The average molecular weight is 279 g/mol. The van der Waals surface area contributed by atoms with Gasteiger partial charge in [-0.1, -0.05) is 18.2 Å². The van der Waals surface area contributed by atoms with E-state index < -0.39 is 11.9 Å². The van der Waals surface area contributed by atoms with Gasteiger partial charge in [0.1, 0.15) is 5.69 Å². The van der Waals surface area contributed by atoms with Crippen LogP contribution in [0.2, 0.25) is 0 Å². The molecule has 0 saturated heterocycles. The lowest BCUT2D eigenvalue weighted by Gasteiger charge is -2.08. The van der Waals surface area contributed by atoms with Crippen LogP contribution < -0.4 is 0 Å². The van der Waals surface area contributed by atoms with Gasteiger partial charge in [-0.25, -0.2) is 0 Å². The number of hydrogen-bond donors (Lipinski definition) is 0. The molecule has 0 atom stereocenters. The third-order valence-corrected chi connectivity index (χ3v) is 3.00. The van der Waals surface area contributed by atoms with Gasteiger partial charge in [0.05, 0.1) is 0 Å². The zero-order valence-corrected chi connectivity index (χ0v) is 11.0. The number of hydrogen-bond acceptors (Lipinski definition) is 2. The van der Waals surface area contributed by atoms with E-state index in [1.165, 1.54) is 13.0 Å². The molecule has 0 aliphatic rings. The molecule has 0 radical (unpaired) electrons. The Morgan fingerprint density at radius 3 is 2.25 bits per heavy atom. The number of benzene rings is 1. The summed E-state index contributed by atoms with van der Waals surface area (Å²) in [4.78, 5) is 14.9. The van der Waals surface area contributed by atoms with Crippen molar-refractivity contribution in [3.8, 4) is 11.1 Å². The Morgan fingerprint density at radius 1 is 1.10 bits per heavy atom. The second kappa shape index (κ2) is 5.07. The smallest absolute Gasteiger partial charge is 0.295 e. The van der Waals surface area contributed by atoms with Gasteiger partial charge >= 0.3 is 6.18 Å². The summed E-state index contributed by atoms with van der Waals surface area (Å²) >= 11 is 0. The summed E-state index contributed by atoms with van der Waals surface area (Å²) in [5, 5.41) is 0. The molecule has 20 heavy (non-hydrogen) atoms. The second-order valence-electron chi connectivity index (χ2n) is 4.52. The number of alkyl halides is 3. The highest BCUT2D eigenvalue weighted by molar-refractivity contribution is 5.96. The first-order chi connectivity index (χ1) is 9.29. The van der Waals surface area contributed by atoms with Crippen LogP contribution in [-0.2, 0) is 6.18 Å². The molecule has 0 bridgehead atoms. The largest absolute Gasteiger partial charge is 0.433 e. The van der Waals surface area contributed by atoms with E-state index >= 15 is 0 Å². The highest BCUT2D eigenvalue weighted by atomic mass is 19.4. The Bertz CT molecular complexity index is 645. The Balaban J connectivity index is 2.42. The number of carbonyl (C=O) groups excluding carboxylic acids is 1.